The molecule has 1 saturated heterocycles. The van der Waals surface area contributed by atoms with Gasteiger partial charge in [-0.2, -0.15) is 0 Å². The van der Waals surface area contributed by atoms with E-state index in [2.05, 4.69) is 5.32 Å². The Morgan fingerprint density at radius 3 is 2.48 bits per heavy atom. The lowest BCUT2D eigenvalue weighted by molar-refractivity contribution is -0.117. The Labute approximate surface area is 154 Å². The smallest absolute Gasteiger partial charge is 0.251 e. The van der Waals surface area contributed by atoms with Crippen molar-refractivity contribution in [3.63, 3.8) is 0 Å². The average Bonchev–Trinajstić information content (AvgIpc) is 3.03. The van der Waals surface area contributed by atoms with Crippen LogP contribution in [0.25, 0.3) is 0 Å². The second-order valence-corrected chi connectivity index (χ2v) is 6.05. The Balaban J connectivity index is 1.72. The molecule has 6 nitrogen and oxygen atoms in total. The summed E-state index contributed by atoms with van der Waals surface area (Å²) in [5.74, 6) is -1.84. The van der Waals surface area contributed by atoms with Gasteiger partial charge in [-0.1, -0.05) is 0 Å². The number of carbonyl (C=O) groups is 2. The number of methoxy groups -OCH3 is 2. The Hall–Kier alpha value is -3.16. The van der Waals surface area contributed by atoms with Gasteiger partial charge in [-0.15, -0.1) is 0 Å². The van der Waals surface area contributed by atoms with Crippen molar-refractivity contribution < 1.29 is 27.8 Å². The molecule has 8 heteroatoms. The summed E-state index contributed by atoms with van der Waals surface area (Å²) in [6.45, 7) is 0.254. The summed E-state index contributed by atoms with van der Waals surface area (Å²) in [7, 11) is 3.01. The molecule has 1 aliphatic rings. The van der Waals surface area contributed by atoms with Gasteiger partial charge in [0, 0.05) is 30.3 Å². The first kappa shape index (κ1) is 18.6. The molecular formula is C19H18F2N2O4. The maximum Gasteiger partial charge on any atom is 0.251 e. The van der Waals surface area contributed by atoms with E-state index in [4.69, 9.17) is 9.47 Å². The second-order valence-electron chi connectivity index (χ2n) is 6.05. The fraction of sp³-hybridized carbons (Fsp3) is 0.263. The highest BCUT2D eigenvalue weighted by Crippen LogP contribution is 2.33. The molecule has 0 bridgehead atoms. The van der Waals surface area contributed by atoms with Crippen LogP contribution in [0.4, 0.5) is 14.5 Å². The minimum atomic E-state index is -1.10. The molecule has 1 N–H and O–H groups in total. The fourth-order valence-corrected chi connectivity index (χ4v) is 2.95. The van der Waals surface area contributed by atoms with Crippen LogP contribution in [0.2, 0.25) is 0 Å². The largest absolute Gasteiger partial charge is 0.493 e. The van der Waals surface area contributed by atoms with Crippen molar-refractivity contribution >= 4 is 17.5 Å². The first-order valence-corrected chi connectivity index (χ1v) is 8.21. The van der Waals surface area contributed by atoms with Gasteiger partial charge in [-0.25, -0.2) is 8.78 Å². The van der Waals surface area contributed by atoms with E-state index >= 15 is 0 Å². The van der Waals surface area contributed by atoms with Crippen molar-refractivity contribution in [3.05, 3.63) is 53.6 Å². The molecule has 0 aromatic heterocycles. The van der Waals surface area contributed by atoms with Gasteiger partial charge < -0.3 is 19.7 Å². The number of amides is 2. The molecule has 1 fully saturated rings. The minimum Gasteiger partial charge on any atom is -0.493 e. The number of hydrogen-bond donors (Lipinski definition) is 1. The Morgan fingerprint density at radius 2 is 1.81 bits per heavy atom. The summed E-state index contributed by atoms with van der Waals surface area (Å²) in [5, 5.41) is 2.68. The molecule has 1 aliphatic heterocycles. The highest BCUT2D eigenvalue weighted by atomic mass is 19.2. The zero-order valence-electron chi connectivity index (χ0n) is 14.8. The number of halogens is 2. The monoisotopic (exact) mass is 376 g/mol. The summed E-state index contributed by atoms with van der Waals surface area (Å²) in [4.78, 5) is 26.1. The third-order valence-electron chi connectivity index (χ3n) is 4.32. The van der Waals surface area contributed by atoms with Crippen molar-refractivity contribution in [2.24, 2.45) is 0 Å². The SMILES string of the molecule is COc1ccc(N2C[C@@H](NC(=O)c3ccc(F)c(F)c3)CC2=O)cc1OC. The van der Waals surface area contributed by atoms with Gasteiger partial charge in [0.15, 0.2) is 23.1 Å². The Morgan fingerprint density at radius 1 is 1.07 bits per heavy atom. The van der Waals surface area contributed by atoms with Gasteiger partial charge in [-0.05, 0) is 30.3 Å². The topological polar surface area (TPSA) is 67.9 Å². The normalized spacial score (nSPS) is 16.4. The lowest BCUT2D eigenvalue weighted by atomic mass is 10.1. The molecule has 142 valence electrons. The van der Waals surface area contributed by atoms with Crippen LogP contribution in [0.5, 0.6) is 11.5 Å². The van der Waals surface area contributed by atoms with Crippen molar-refractivity contribution in [1.82, 2.24) is 5.32 Å². The molecule has 0 saturated carbocycles. The van der Waals surface area contributed by atoms with E-state index in [1.54, 1.807) is 18.2 Å². The zero-order chi connectivity index (χ0) is 19.6. The molecule has 3 rings (SSSR count). The number of ether oxygens (including phenoxy) is 2. The number of carbonyl (C=O) groups excluding carboxylic acids is 2. The Kier molecular flexibility index (Phi) is 5.25. The van der Waals surface area contributed by atoms with Gasteiger partial charge in [0.2, 0.25) is 5.91 Å². The Bertz CT molecular complexity index is 888. The summed E-state index contributed by atoms with van der Waals surface area (Å²) >= 11 is 0. The van der Waals surface area contributed by atoms with Crippen LogP contribution in [0.15, 0.2) is 36.4 Å². The quantitative estimate of drug-likeness (QED) is 0.871. The molecule has 2 amide bonds. The number of hydrogen-bond acceptors (Lipinski definition) is 4. The van der Waals surface area contributed by atoms with Crippen LogP contribution in [0.3, 0.4) is 0 Å². The summed E-state index contributed by atoms with van der Waals surface area (Å²) < 4.78 is 36.7. The number of rotatable bonds is 5. The van der Waals surface area contributed by atoms with Gasteiger partial charge in [-0.3, -0.25) is 9.59 Å². The molecule has 2 aromatic carbocycles. The summed E-state index contributed by atoms with van der Waals surface area (Å²) in [6, 6.07) is 7.54. The highest BCUT2D eigenvalue weighted by Gasteiger charge is 2.32. The van der Waals surface area contributed by atoms with Gasteiger partial charge in [0.05, 0.1) is 20.3 Å². The second kappa shape index (κ2) is 7.61. The minimum absolute atomic E-state index is 0.00841. The van der Waals surface area contributed by atoms with E-state index in [0.29, 0.717) is 17.2 Å². The van der Waals surface area contributed by atoms with Crippen molar-refractivity contribution in [1.29, 1.82) is 0 Å². The fourth-order valence-electron chi connectivity index (χ4n) is 2.95. The van der Waals surface area contributed by atoms with E-state index in [-0.39, 0.29) is 24.4 Å². The lowest BCUT2D eigenvalue weighted by Gasteiger charge is -2.19. The van der Waals surface area contributed by atoms with Gasteiger partial charge >= 0.3 is 0 Å². The van der Waals surface area contributed by atoms with E-state index < -0.39 is 23.6 Å². The molecule has 0 aliphatic carbocycles. The molecule has 1 heterocycles. The number of nitrogens with zero attached hydrogens (tertiary/aromatic N) is 1. The first-order chi connectivity index (χ1) is 12.9. The van der Waals surface area contributed by atoms with Crippen molar-refractivity contribution in [3.8, 4) is 11.5 Å². The predicted octanol–water partition coefficient (Wildman–Crippen LogP) is 2.52. The highest BCUT2D eigenvalue weighted by molar-refractivity contribution is 5.99. The predicted molar refractivity (Wildman–Crippen MR) is 94.1 cm³/mol. The molecule has 1 atom stereocenters. The van der Waals surface area contributed by atoms with E-state index in [9.17, 15) is 18.4 Å². The number of benzene rings is 2. The molecule has 2 aromatic rings. The average molecular weight is 376 g/mol. The van der Waals surface area contributed by atoms with Gasteiger partial charge in [0.25, 0.3) is 5.91 Å². The van der Waals surface area contributed by atoms with Crippen LogP contribution in [-0.2, 0) is 4.79 Å². The molecule has 0 radical (unpaired) electrons. The van der Waals surface area contributed by atoms with Crippen molar-refractivity contribution in [2.75, 3.05) is 25.7 Å². The van der Waals surface area contributed by atoms with Crippen LogP contribution in [-0.4, -0.2) is 38.6 Å². The molecule has 27 heavy (non-hydrogen) atoms. The van der Waals surface area contributed by atoms with Crippen LogP contribution in [0, 0.1) is 11.6 Å². The standard InChI is InChI=1S/C19H18F2N2O4/c1-26-16-6-4-13(9-17(16)27-2)23-10-12(8-18(23)24)22-19(25)11-3-5-14(20)15(21)7-11/h3-7,9,12H,8,10H2,1-2H3,(H,22,25)/t12-/m0/s1. The van der Waals surface area contributed by atoms with E-state index in [1.807, 2.05) is 0 Å². The number of anilines is 1. The summed E-state index contributed by atoms with van der Waals surface area (Å²) in [5.41, 5.74) is 0.605. The lowest BCUT2D eigenvalue weighted by Crippen LogP contribution is -2.37. The molecular weight excluding hydrogens is 358 g/mol. The van der Waals surface area contributed by atoms with Crippen LogP contribution < -0.4 is 19.7 Å². The van der Waals surface area contributed by atoms with Gasteiger partial charge in [0.1, 0.15) is 0 Å². The van der Waals surface area contributed by atoms with Crippen LogP contribution in [0.1, 0.15) is 16.8 Å². The molecule has 0 unspecified atom stereocenters. The maximum atomic E-state index is 13.3. The van der Waals surface area contributed by atoms with Crippen molar-refractivity contribution in [2.45, 2.75) is 12.5 Å². The third kappa shape index (κ3) is 3.84. The number of nitrogens with one attached hydrogen (secondary N) is 1. The van der Waals surface area contributed by atoms with E-state index in [0.717, 1.165) is 12.1 Å². The third-order valence-corrected chi connectivity index (χ3v) is 4.32. The maximum absolute atomic E-state index is 13.3. The summed E-state index contributed by atoms with van der Waals surface area (Å²) in [6.07, 6.45) is 0.101. The zero-order valence-corrected chi connectivity index (χ0v) is 14.8. The van der Waals surface area contributed by atoms with Crippen LogP contribution >= 0.6 is 0 Å². The first-order valence-electron chi connectivity index (χ1n) is 8.21. The van der Waals surface area contributed by atoms with E-state index in [1.165, 1.54) is 25.2 Å². The molecule has 0 spiro atoms.